The van der Waals surface area contributed by atoms with Gasteiger partial charge in [0, 0.05) is 5.56 Å². The highest BCUT2D eigenvalue weighted by Gasteiger charge is 2.23. The normalized spacial score (nSPS) is 12.1. The first-order chi connectivity index (χ1) is 10.2. The van der Waals surface area contributed by atoms with Crippen molar-refractivity contribution < 1.29 is 13.9 Å². The van der Waals surface area contributed by atoms with Crippen LogP contribution in [-0.2, 0) is 9.53 Å². The predicted molar refractivity (Wildman–Crippen MR) is 80.9 cm³/mol. The van der Waals surface area contributed by atoms with Crippen LogP contribution in [0.5, 0.6) is 0 Å². The summed E-state index contributed by atoms with van der Waals surface area (Å²) in [5, 5.41) is 8.09. The van der Waals surface area contributed by atoms with E-state index in [4.69, 9.17) is 9.15 Å². The van der Waals surface area contributed by atoms with Gasteiger partial charge in [0.05, 0.1) is 6.61 Å². The van der Waals surface area contributed by atoms with Gasteiger partial charge < -0.3 is 9.15 Å². The van der Waals surface area contributed by atoms with E-state index in [0.29, 0.717) is 24.1 Å². The van der Waals surface area contributed by atoms with E-state index in [-0.39, 0.29) is 11.2 Å². The third-order valence-corrected chi connectivity index (χ3v) is 3.85. The van der Waals surface area contributed by atoms with Gasteiger partial charge in [-0.15, -0.1) is 10.2 Å². The van der Waals surface area contributed by atoms with Crippen molar-refractivity contribution in [3.8, 4) is 11.5 Å². The minimum absolute atomic E-state index is 0.233. The highest BCUT2D eigenvalue weighted by Crippen LogP contribution is 2.28. The second-order valence-corrected chi connectivity index (χ2v) is 5.54. The lowest BCUT2D eigenvalue weighted by Gasteiger charge is -2.11. The maximum atomic E-state index is 11.9. The molecule has 1 aromatic carbocycles. The lowest BCUT2D eigenvalue weighted by Crippen LogP contribution is -2.20. The van der Waals surface area contributed by atoms with E-state index >= 15 is 0 Å². The summed E-state index contributed by atoms with van der Waals surface area (Å²) in [6, 6.07) is 9.54. The van der Waals surface area contributed by atoms with Crippen molar-refractivity contribution in [1.82, 2.24) is 10.2 Å². The SMILES string of the molecule is CCC[C@H](Sc1nnc(-c2ccccc2)o1)C(=O)OCC. The van der Waals surface area contributed by atoms with Crippen LogP contribution in [-0.4, -0.2) is 28.0 Å². The first-order valence-corrected chi connectivity index (χ1v) is 7.84. The van der Waals surface area contributed by atoms with Crippen LogP contribution in [0, 0.1) is 0 Å². The van der Waals surface area contributed by atoms with E-state index in [9.17, 15) is 4.79 Å². The van der Waals surface area contributed by atoms with E-state index in [0.717, 1.165) is 12.0 Å². The Kier molecular flexibility index (Phi) is 5.80. The molecule has 1 aromatic heterocycles. The standard InChI is InChI=1S/C15H18N2O3S/c1-3-8-12(14(18)19-4-2)21-15-17-16-13(20-15)11-9-6-5-7-10-11/h5-7,9-10,12H,3-4,8H2,1-2H3/t12-/m0/s1. The van der Waals surface area contributed by atoms with Crippen molar-refractivity contribution in [1.29, 1.82) is 0 Å². The van der Waals surface area contributed by atoms with Gasteiger partial charge in [-0.25, -0.2) is 0 Å². The maximum Gasteiger partial charge on any atom is 0.319 e. The summed E-state index contributed by atoms with van der Waals surface area (Å²) < 4.78 is 10.7. The maximum absolute atomic E-state index is 11.9. The molecule has 0 unspecified atom stereocenters. The molecular formula is C15H18N2O3S. The molecule has 112 valence electrons. The van der Waals surface area contributed by atoms with Crippen LogP contribution in [0.4, 0.5) is 0 Å². The Hall–Kier alpha value is -1.82. The fraction of sp³-hybridized carbons (Fsp3) is 0.400. The number of carbonyl (C=O) groups excluding carboxylic acids is 1. The zero-order valence-electron chi connectivity index (χ0n) is 12.1. The first-order valence-electron chi connectivity index (χ1n) is 6.96. The minimum atomic E-state index is -0.306. The van der Waals surface area contributed by atoms with E-state index in [2.05, 4.69) is 10.2 Å². The molecule has 0 aliphatic carbocycles. The highest BCUT2D eigenvalue weighted by atomic mass is 32.2. The number of hydrogen-bond donors (Lipinski definition) is 0. The third kappa shape index (κ3) is 4.32. The molecule has 0 fully saturated rings. The Morgan fingerprint density at radius 1 is 1.29 bits per heavy atom. The van der Waals surface area contributed by atoms with Gasteiger partial charge in [-0.2, -0.15) is 0 Å². The molecule has 0 amide bonds. The summed E-state index contributed by atoms with van der Waals surface area (Å²) in [6.45, 7) is 4.19. The quantitative estimate of drug-likeness (QED) is 0.575. The largest absolute Gasteiger partial charge is 0.465 e. The monoisotopic (exact) mass is 306 g/mol. The van der Waals surface area contributed by atoms with Gasteiger partial charge in [-0.1, -0.05) is 43.3 Å². The molecule has 0 spiro atoms. The molecule has 2 aromatic rings. The van der Waals surface area contributed by atoms with E-state index < -0.39 is 0 Å². The van der Waals surface area contributed by atoms with Crippen LogP contribution < -0.4 is 0 Å². The van der Waals surface area contributed by atoms with Crippen molar-refractivity contribution in [3.05, 3.63) is 30.3 Å². The van der Waals surface area contributed by atoms with E-state index in [1.807, 2.05) is 37.3 Å². The van der Waals surface area contributed by atoms with Crippen molar-refractivity contribution in [2.24, 2.45) is 0 Å². The van der Waals surface area contributed by atoms with Crippen LogP contribution in [0.2, 0.25) is 0 Å². The Labute approximate surface area is 128 Å². The third-order valence-electron chi connectivity index (χ3n) is 2.77. The van der Waals surface area contributed by atoms with E-state index in [1.165, 1.54) is 11.8 Å². The Bertz CT molecular complexity index is 571. The van der Waals surface area contributed by atoms with Crippen molar-refractivity contribution in [2.45, 2.75) is 37.2 Å². The smallest absolute Gasteiger partial charge is 0.319 e. The molecule has 5 nitrogen and oxygen atoms in total. The van der Waals surface area contributed by atoms with Crippen molar-refractivity contribution >= 4 is 17.7 Å². The molecule has 0 saturated carbocycles. The summed E-state index contributed by atoms with van der Waals surface area (Å²) in [6.07, 6.45) is 1.60. The second-order valence-electron chi connectivity index (χ2n) is 4.39. The van der Waals surface area contributed by atoms with Gasteiger partial charge in [-0.05, 0) is 25.5 Å². The minimum Gasteiger partial charge on any atom is -0.465 e. The number of thioether (sulfide) groups is 1. The lowest BCUT2D eigenvalue weighted by molar-refractivity contribution is -0.142. The zero-order valence-corrected chi connectivity index (χ0v) is 12.9. The number of nitrogens with zero attached hydrogens (tertiary/aromatic N) is 2. The summed E-state index contributed by atoms with van der Waals surface area (Å²) in [5.41, 5.74) is 0.861. The van der Waals surface area contributed by atoms with Crippen LogP contribution in [0.3, 0.4) is 0 Å². The highest BCUT2D eigenvalue weighted by molar-refractivity contribution is 8.00. The molecule has 6 heteroatoms. The molecule has 0 aliphatic rings. The molecule has 0 bridgehead atoms. The van der Waals surface area contributed by atoms with Crippen LogP contribution in [0.15, 0.2) is 40.0 Å². The van der Waals surface area contributed by atoms with Gasteiger partial charge in [0.1, 0.15) is 5.25 Å². The van der Waals surface area contributed by atoms with Gasteiger partial charge >= 0.3 is 5.97 Å². The van der Waals surface area contributed by atoms with Crippen molar-refractivity contribution in [3.63, 3.8) is 0 Å². The Balaban J connectivity index is 2.08. The topological polar surface area (TPSA) is 65.2 Å². The lowest BCUT2D eigenvalue weighted by atomic mass is 10.2. The number of benzene rings is 1. The Morgan fingerprint density at radius 2 is 2.05 bits per heavy atom. The summed E-state index contributed by atoms with van der Waals surface area (Å²) in [7, 11) is 0. The van der Waals surface area contributed by atoms with Crippen molar-refractivity contribution in [2.75, 3.05) is 6.61 Å². The number of rotatable bonds is 7. The van der Waals surface area contributed by atoms with Gasteiger partial charge in [0.25, 0.3) is 5.22 Å². The van der Waals surface area contributed by atoms with Crippen LogP contribution in [0.1, 0.15) is 26.7 Å². The summed E-state index contributed by atoms with van der Waals surface area (Å²) in [4.78, 5) is 11.9. The number of esters is 1. The first kappa shape index (κ1) is 15.6. The van der Waals surface area contributed by atoms with E-state index in [1.54, 1.807) is 6.92 Å². The average Bonchev–Trinajstić information content (AvgIpc) is 2.96. The molecule has 0 radical (unpaired) electrons. The molecule has 0 aliphatic heterocycles. The van der Waals surface area contributed by atoms with Gasteiger partial charge in [-0.3, -0.25) is 4.79 Å². The fourth-order valence-electron chi connectivity index (χ4n) is 1.80. The number of ether oxygens (including phenoxy) is 1. The molecule has 21 heavy (non-hydrogen) atoms. The number of carbonyl (C=O) groups is 1. The van der Waals surface area contributed by atoms with Gasteiger partial charge in [0.2, 0.25) is 5.89 Å². The molecule has 1 atom stereocenters. The van der Waals surface area contributed by atoms with Crippen LogP contribution in [0.25, 0.3) is 11.5 Å². The molecule has 2 rings (SSSR count). The average molecular weight is 306 g/mol. The molecule has 1 heterocycles. The predicted octanol–water partition coefficient (Wildman–Crippen LogP) is 3.56. The molecular weight excluding hydrogens is 288 g/mol. The fourth-order valence-corrected chi connectivity index (χ4v) is 2.77. The number of hydrogen-bond acceptors (Lipinski definition) is 6. The Morgan fingerprint density at radius 3 is 2.71 bits per heavy atom. The molecule has 0 saturated heterocycles. The van der Waals surface area contributed by atoms with Crippen LogP contribution >= 0.6 is 11.8 Å². The summed E-state index contributed by atoms with van der Waals surface area (Å²) >= 11 is 1.26. The summed E-state index contributed by atoms with van der Waals surface area (Å²) in [5.74, 6) is 0.223. The second kappa shape index (κ2) is 7.83. The molecule has 0 N–H and O–H groups in total. The number of aromatic nitrogens is 2. The van der Waals surface area contributed by atoms with Gasteiger partial charge in [0.15, 0.2) is 0 Å². The zero-order chi connectivity index (χ0) is 15.1.